The summed E-state index contributed by atoms with van der Waals surface area (Å²) in [6.07, 6.45) is 2.51. The number of benzene rings is 2. The van der Waals surface area contributed by atoms with E-state index in [1.54, 1.807) is 0 Å². The Morgan fingerprint density at radius 3 is 3.17 bits per heavy atom. The van der Waals surface area contributed by atoms with E-state index in [-0.39, 0.29) is 5.41 Å². The summed E-state index contributed by atoms with van der Waals surface area (Å²) in [4.78, 5) is 1.42. The van der Waals surface area contributed by atoms with Crippen molar-refractivity contribution in [2.45, 2.75) is 29.1 Å². The van der Waals surface area contributed by atoms with Crippen LogP contribution in [0.5, 0.6) is 5.75 Å². The molecule has 1 fully saturated rings. The quantitative estimate of drug-likeness (QED) is 0.930. The number of thioether (sulfide) groups is 1. The summed E-state index contributed by atoms with van der Waals surface area (Å²) in [7, 11) is 0. The third-order valence-corrected chi connectivity index (χ3v) is 6.90. The highest BCUT2D eigenvalue weighted by molar-refractivity contribution is 7.99. The van der Waals surface area contributed by atoms with E-state index in [4.69, 9.17) is 4.74 Å². The van der Waals surface area contributed by atoms with Gasteiger partial charge in [0.05, 0.1) is 12.0 Å². The third-order valence-electron chi connectivity index (χ3n) is 5.71. The van der Waals surface area contributed by atoms with Gasteiger partial charge in [0.2, 0.25) is 0 Å². The molecular weight excluding hydrogens is 302 g/mol. The Morgan fingerprint density at radius 2 is 2.17 bits per heavy atom. The van der Waals surface area contributed by atoms with E-state index in [9.17, 15) is 0 Å². The van der Waals surface area contributed by atoms with Gasteiger partial charge in [-0.05, 0) is 47.4 Å². The van der Waals surface area contributed by atoms with Crippen LogP contribution in [0.1, 0.15) is 29.0 Å². The second kappa shape index (κ2) is 5.29. The van der Waals surface area contributed by atoms with Crippen LogP contribution < -0.4 is 10.1 Å². The molecule has 2 nitrogen and oxygen atoms in total. The summed E-state index contributed by atoms with van der Waals surface area (Å²) in [6, 6.07) is 15.5. The lowest BCUT2D eigenvalue weighted by Crippen LogP contribution is -2.48. The molecular formula is C20H21NOS. The first-order valence-corrected chi connectivity index (χ1v) is 9.54. The topological polar surface area (TPSA) is 21.3 Å². The first-order chi connectivity index (χ1) is 11.4. The zero-order valence-electron chi connectivity index (χ0n) is 13.2. The molecule has 5 rings (SSSR count). The van der Waals surface area contributed by atoms with E-state index in [0.29, 0.717) is 5.92 Å². The number of aryl methyl sites for hydroxylation is 1. The number of fused-ring (bicyclic) bond motifs is 5. The van der Waals surface area contributed by atoms with E-state index in [0.717, 1.165) is 25.4 Å². The lowest BCUT2D eigenvalue weighted by atomic mass is 9.58. The Hall–Kier alpha value is -1.45. The molecule has 2 aliphatic heterocycles. The monoisotopic (exact) mass is 323 g/mol. The summed E-state index contributed by atoms with van der Waals surface area (Å²) in [5.74, 6) is 2.88. The summed E-state index contributed by atoms with van der Waals surface area (Å²) in [5, 5.41) is 3.57. The van der Waals surface area contributed by atoms with Gasteiger partial charge in [-0.15, -0.1) is 11.8 Å². The SMILES string of the molecule is c1ccc2c(c1)[C@H]1CNC[C@@]21COc1ccc2c(c1)SCCC2. The number of nitrogens with one attached hydrogen (secondary N) is 1. The van der Waals surface area contributed by atoms with Gasteiger partial charge < -0.3 is 10.1 Å². The maximum absolute atomic E-state index is 6.28. The highest BCUT2D eigenvalue weighted by atomic mass is 32.2. The Morgan fingerprint density at radius 1 is 1.22 bits per heavy atom. The lowest BCUT2D eigenvalue weighted by Gasteiger charge is -2.46. The van der Waals surface area contributed by atoms with Crippen molar-refractivity contribution in [3.8, 4) is 5.75 Å². The summed E-state index contributed by atoms with van der Waals surface area (Å²) >= 11 is 1.97. The van der Waals surface area contributed by atoms with Crippen LogP contribution in [-0.4, -0.2) is 25.4 Å². The number of rotatable bonds is 3. The Balaban J connectivity index is 1.39. The van der Waals surface area contributed by atoms with Crippen molar-refractivity contribution >= 4 is 11.8 Å². The predicted molar refractivity (Wildman–Crippen MR) is 94.7 cm³/mol. The molecule has 1 aliphatic carbocycles. The molecule has 2 aromatic carbocycles. The second-order valence-corrected chi connectivity index (χ2v) is 8.07. The average Bonchev–Trinajstić information content (AvgIpc) is 2.97. The van der Waals surface area contributed by atoms with Crippen molar-refractivity contribution in [3.63, 3.8) is 0 Å². The smallest absolute Gasteiger partial charge is 0.120 e. The normalized spacial score (nSPS) is 27.6. The van der Waals surface area contributed by atoms with E-state index >= 15 is 0 Å². The second-order valence-electron chi connectivity index (χ2n) is 6.94. The largest absolute Gasteiger partial charge is 0.493 e. The minimum atomic E-state index is 0.180. The molecule has 3 heteroatoms. The molecule has 0 radical (unpaired) electrons. The average molecular weight is 323 g/mol. The van der Waals surface area contributed by atoms with E-state index in [1.165, 1.54) is 40.2 Å². The minimum absolute atomic E-state index is 0.180. The maximum Gasteiger partial charge on any atom is 0.120 e. The summed E-state index contributed by atoms with van der Waals surface area (Å²) in [5.41, 5.74) is 4.67. The molecule has 23 heavy (non-hydrogen) atoms. The summed E-state index contributed by atoms with van der Waals surface area (Å²) in [6.45, 7) is 2.90. The zero-order chi connectivity index (χ0) is 15.3. The van der Waals surface area contributed by atoms with Gasteiger partial charge in [-0.1, -0.05) is 30.3 Å². The van der Waals surface area contributed by atoms with Gasteiger partial charge >= 0.3 is 0 Å². The first kappa shape index (κ1) is 13.9. The van der Waals surface area contributed by atoms with E-state index in [2.05, 4.69) is 47.8 Å². The molecule has 1 saturated heterocycles. The van der Waals surface area contributed by atoms with Crippen molar-refractivity contribution < 1.29 is 4.74 Å². The molecule has 2 heterocycles. The molecule has 2 atom stereocenters. The van der Waals surface area contributed by atoms with Gasteiger partial charge in [-0.25, -0.2) is 0 Å². The van der Waals surface area contributed by atoms with Gasteiger partial charge in [0.1, 0.15) is 5.75 Å². The van der Waals surface area contributed by atoms with Crippen LogP contribution in [0.15, 0.2) is 47.4 Å². The zero-order valence-corrected chi connectivity index (χ0v) is 14.0. The van der Waals surface area contributed by atoms with Crippen LogP contribution in [0.25, 0.3) is 0 Å². The Kier molecular flexibility index (Phi) is 3.20. The number of hydrogen-bond acceptors (Lipinski definition) is 3. The van der Waals surface area contributed by atoms with Crippen LogP contribution in [-0.2, 0) is 11.8 Å². The van der Waals surface area contributed by atoms with Crippen molar-refractivity contribution in [3.05, 3.63) is 59.2 Å². The lowest BCUT2D eigenvalue weighted by molar-refractivity contribution is 0.190. The van der Waals surface area contributed by atoms with Crippen LogP contribution in [0.3, 0.4) is 0 Å². The molecule has 1 N–H and O–H groups in total. The molecule has 0 aromatic heterocycles. The van der Waals surface area contributed by atoms with Crippen LogP contribution in [0.2, 0.25) is 0 Å². The first-order valence-electron chi connectivity index (χ1n) is 8.55. The minimum Gasteiger partial charge on any atom is -0.493 e. The number of ether oxygens (including phenoxy) is 1. The molecule has 0 bridgehead atoms. The molecule has 0 unspecified atom stereocenters. The maximum atomic E-state index is 6.28. The van der Waals surface area contributed by atoms with Gasteiger partial charge in [0, 0.05) is 23.9 Å². The molecule has 118 valence electrons. The van der Waals surface area contributed by atoms with Crippen molar-refractivity contribution in [1.82, 2.24) is 5.32 Å². The van der Waals surface area contributed by atoms with E-state index < -0.39 is 0 Å². The van der Waals surface area contributed by atoms with Crippen LogP contribution >= 0.6 is 11.8 Å². The fraction of sp³-hybridized carbons (Fsp3) is 0.400. The van der Waals surface area contributed by atoms with Crippen molar-refractivity contribution in [1.29, 1.82) is 0 Å². The molecule has 0 spiro atoms. The highest BCUT2D eigenvalue weighted by Gasteiger charge is 2.54. The van der Waals surface area contributed by atoms with Gasteiger partial charge in [-0.3, -0.25) is 0 Å². The van der Waals surface area contributed by atoms with Crippen molar-refractivity contribution in [2.24, 2.45) is 0 Å². The predicted octanol–water partition coefficient (Wildman–Crippen LogP) is 3.74. The van der Waals surface area contributed by atoms with Gasteiger partial charge in [0.15, 0.2) is 0 Å². The van der Waals surface area contributed by atoms with Gasteiger partial charge in [-0.2, -0.15) is 0 Å². The molecule has 3 aliphatic rings. The standard InChI is InChI=1S/C20H21NOS/c1-2-6-17-16(5-1)18-11-21-12-20(17,18)13-22-15-8-7-14-4-3-9-23-19(14)10-15/h1-2,5-8,10,18,21H,3-4,9,11-13H2/t18-,20-/m1/s1. The molecule has 2 aromatic rings. The number of hydrogen-bond donors (Lipinski definition) is 1. The highest BCUT2D eigenvalue weighted by Crippen LogP contribution is 2.53. The molecule has 0 amide bonds. The fourth-order valence-corrected chi connectivity index (χ4v) is 5.54. The van der Waals surface area contributed by atoms with Gasteiger partial charge in [0.25, 0.3) is 0 Å². The third kappa shape index (κ3) is 2.06. The van der Waals surface area contributed by atoms with Crippen molar-refractivity contribution in [2.75, 3.05) is 25.4 Å². The Bertz CT molecular complexity index is 759. The Labute approximate surface area is 141 Å². The summed E-state index contributed by atoms with van der Waals surface area (Å²) < 4.78 is 6.28. The molecule has 0 saturated carbocycles. The van der Waals surface area contributed by atoms with Crippen LogP contribution in [0.4, 0.5) is 0 Å². The van der Waals surface area contributed by atoms with E-state index in [1.807, 2.05) is 11.8 Å². The fourth-order valence-electron chi connectivity index (χ4n) is 4.48. The van der Waals surface area contributed by atoms with Crippen LogP contribution in [0, 0.1) is 0 Å².